The second-order valence-corrected chi connectivity index (χ2v) is 7.64. The summed E-state index contributed by atoms with van der Waals surface area (Å²) < 4.78 is 5.53. The average molecular weight is 417 g/mol. The van der Waals surface area contributed by atoms with Gasteiger partial charge in [0.05, 0.1) is 10.6 Å². The summed E-state index contributed by atoms with van der Waals surface area (Å²) in [4.78, 5) is 27.3. The summed E-state index contributed by atoms with van der Waals surface area (Å²) in [6.07, 6.45) is 0. The maximum atomic E-state index is 12.3. The number of thiophene rings is 1. The molecule has 7 nitrogen and oxygen atoms in total. The highest BCUT2D eigenvalue weighted by molar-refractivity contribution is 7.13. The molecule has 0 bridgehead atoms. The molecule has 0 fully saturated rings. The highest BCUT2D eigenvalue weighted by Crippen LogP contribution is 2.26. The number of carbonyl (C=O) groups is 2. The molecule has 0 saturated heterocycles. The Bertz CT molecular complexity index is 1000. The Morgan fingerprint density at radius 1 is 1.36 bits per heavy atom. The number of amides is 2. The van der Waals surface area contributed by atoms with Crippen molar-refractivity contribution in [3.05, 3.63) is 58.1 Å². The Kier molecular flexibility index (Phi) is 5.31. The van der Waals surface area contributed by atoms with Crippen molar-refractivity contribution < 1.29 is 14.3 Å². The maximum Gasteiger partial charge on any atom is 0.271 e. The first-order chi connectivity index (χ1) is 13.6. The lowest BCUT2D eigenvalue weighted by Crippen LogP contribution is -2.39. The van der Waals surface area contributed by atoms with E-state index in [-0.39, 0.29) is 18.4 Å². The van der Waals surface area contributed by atoms with Crippen molar-refractivity contribution in [3.8, 4) is 16.3 Å². The third-order valence-corrected chi connectivity index (χ3v) is 5.49. The summed E-state index contributed by atoms with van der Waals surface area (Å²) in [7, 11) is 0. The molecule has 3 aromatic rings. The first-order valence-corrected chi connectivity index (χ1v) is 9.92. The molecular formula is C19H17ClN4O3S. The second kappa shape index (κ2) is 8.04. The predicted octanol–water partition coefficient (Wildman–Crippen LogP) is 2.94. The van der Waals surface area contributed by atoms with Crippen LogP contribution in [0.15, 0.2) is 41.8 Å². The first-order valence-electron chi connectivity index (χ1n) is 8.66. The predicted molar refractivity (Wildman–Crippen MR) is 107 cm³/mol. The molecule has 1 aromatic carbocycles. The number of benzene rings is 1. The molecule has 9 heteroatoms. The van der Waals surface area contributed by atoms with E-state index < -0.39 is 0 Å². The van der Waals surface area contributed by atoms with Gasteiger partial charge in [0.25, 0.3) is 11.8 Å². The van der Waals surface area contributed by atoms with Gasteiger partial charge in [0.2, 0.25) is 0 Å². The summed E-state index contributed by atoms with van der Waals surface area (Å²) >= 11 is 7.61. The van der Waals surface area contributed by atoms with E-state index in [1.165, 1.54) is 0 Å². The molecule has 144 valence electrons. The van der Waals surface area contributed by atoms with Crippen molar-refractivity contribution >= 4 is 34.8 Å². The Balaban J connectivity index is 1.35. The fourth-order valence-corrected chi connectivity index (χ4v) is 3.82. The van der Waals surface area contributed by atoms with Crippen LogP contribution in [-0.4, -0.2) is 46.6 Å². The van der Waals surface area contributed by atoms with Crippen LogP contribution in [0.1, 0.15) is 16.1 Å². The minimum absolute atomic E-state index is 0.0356. The number of hydrogen-bond donors (Lipinski definition) is 2. The highest BCUT2D eigenvalue weighted by atomic mass is 35.5. The number of carbonyl (C=O) groups excluding carboxylic acids is 2. The molecule has 2 amide bonds. The normalized spacial score (nSPS) is 13.6. The molecule has 2 N–H and O–H groups in total. The molecule has 1 aliphatic rings. The van der Waals surface area contributed by atoms with E-state index in [0.717, 1.165) is 16.1 Å². The molecule has 0 unspecified atom stereocenters. The Labute approximate surface area is 170 Å². The van der Waals surface area contributed by atoms with E-state index in [1.54, 1.807) is 40.5 Å². The van der Waals surface area contributed by atoms with Gasteiger partial charge in [0.15, 0.2) is 12.3 Å². The van der Waals surface area contributed by atoms with Gasteiger partial charge in [-0.3, -0.25) is 14.7 Å². The maximum absolute atomic E-state index is 12.3. The fourth-order valence-electron chi connectivity index (χ4n) is 2.93. The van der Waals surface area contributed by atoms with Crippen molar-refractivity contribution in [2.45, 2.75) is 6.54 Å². The number of fused-ring (bicyclic) bond motifs is 1. The van der Waals surface area contributed by atoms with Crippen molar-refractivity contribution in [2.75, 3.05) is 19.7 Å². The highest BCUT2D eigenvalue weighted by Gasteiger charge is 2.22. The lowest BCUT2D eigenvalue weighted by atomic mass is 10.2. The number of nitrogens with zero attached hydrogens (tertiary/aromatic N) is 2. The molecule has 0 saturated carbocycles. The van der Waals surface area contributed by atoms with Crippen LogP contribution < -0.4 is 10.1 Å². The van der Waals surface area contributed by atoms with Crippen molar-refractivity contribution in [2.24, 2.45) is 0 Å². The van der Waals surface area contributed by atoms with E-state index in [4.69, 9.17) is 16.3 Å². The zero-order valence-corrected chi connectivity index (χ0v) is 16.3. The van der Waals surface area contributed by atoms with Gasteiger partial charge < -0.3 is 15.0 Å². The molecule has 4 rings (SSSR count). The van der Waals surface area contributed by atoms with Crippen LogP contribution in [0.25, 0.3) is 10.6 Å². The second-order valence-electron chi connectivity index (χ2n) is 6.26. The van der Waals surface area contributed by atoms with E-state index >= 15 is 0 Å². The molecule has 1 aliphatic heterocycles. The molecule has 0 spiro atoms. The number of ether oxygens (including phenoxy) is 1. The molecule has 3 heterocycles. The van der Waals surface area contributed by atoms with Crippen molar-refractivity contribution in [3.63, 3.8) is 0 Å². The molecule has 0 radical (unpaired) electrons. The average Bonchev–Trinajstić information content (AvgIpc) is 3.35. The zero-order valence-electron chi connectivity index (χ0n) is 14.8. The van der Waals surface area contributed by atoms with Gasteiger partial charge >= 0.3 is 0 Å². The van der Waals surface area contributed by atoms with Crippen LogP contribution in [-0.2, 0) is 11.3 Å². The van der Waals surface area contributed by atoms with Crippen LogP contribution in [0, 0.1) is 0 Å². The zero-order chi connectivity index (χ0) is 19.5. The standard InChI is InChI=1S/C19H17ClN4O3S/c20-13-3-4-16-12(8-13)10-24(18(25)11-27-16)6-5-21-19(26)15-9-14(22-23-15)17-2-1-7-28-17/h1-4,7-9H,5-6,10-11H2,(H,21,26)(H,22,23). The Morgan fingerprint density at radius 3 is 3.07 bits per heavy atom. The lowest BCUT2D eigenvalue weighted by Gasteiger charge is -2.20. The molecule has 2 aromatic heterocycles. The van der Waals surface area contributed by atoms with E-state index in [1.807, 2.05) is 17.5 Å². The Hall–Kier alpha value is -2.84. The van der Waals surface area contributed by atoms with Gasteiger partial charge in [0.1, 0.15) is 5.75 Å². The van der Waals surface area contributed by atoms with Gasteiger partial charge in [-0.15, -0.1) is 11.3 Å². The number of hydrogen-bond acceptors (Lipinski definition) is 5. The summed E-state index contributed by atoms with van der Waals surface area (Å²) in [5, 5.41) is 12.3. The Morgan fingerprint density at radius 2 is 2.25 bits per heavy atom. The van der Waals surface area contributed by atoms with Gasteiger partial charge in [-0.1, -0.05) is 17.7 Å². The number of halogens is 1. The largest absolute Gasteiger partial charge is 0.483 e. The molecule has 0 aliphatic carbocycles. The van der Waals surface area contributed by atoms with Gasteiger partial charge in [0, 0.05) is 30.2 Å². The molecule has 28 heavy (non-hydrogen) atoms. The topological polar surface area (TPSA) is 87.3 Å². The van der Waals surface area contributed by atoms with Gasteiger partial charge in [-0.2, -0.15) is 5.10 Å². The summed E-state index contributed by atoms with van der Waals surface area (Å²) in [6, 6.07) is 10.9. The van der Waals surface area contributed by atoms with Crippen LogP contribution in [0.2, 0.25) is 5.02 Å². The summed E-state index contributed by atoms with van der Waals surface area (Å²) in [5.74, 6) is 0.226. The lowest BCUT2D eigenvalue weighted by molar-refractivity contribution is -0.133. The van der Waals surface area contributed by atoms with Crippen LogP contribution in [0.3, 0.4) is 0 Å². The molecule has 0 atom stereocenters. The van der Waals surface area contributed by atoms with E-state index in [0.29, 0.717) is 36.1 Å². The summed E-state index contributed by atoms with van der Waals surface area (Å²) in [5.41, 5.74) is 1.96. The summed E-state index contributed by atoms with van der Waals surface area (Å²) in [6.45, 7) is 1.02. The third-order valence-electron chi connectivity index (χ3n) is 4.35. The number of nitrogens with one attached hydrogen (secondary N) is 2. The van der Waals surface area contributed by atoms with Gasteiger partial charge in [-0.25, -0.2) is 0 Å². The minimum atomic E-state index is -0.291. The number of aromatic nitrogens is 2. The van der Waals surface area contributed by atoms with Crippen LogP contribution in [0.5, 0.6) is 5.75 Å². The fraction of sp³-hybridized carbons (Fsp3) is 0.211. The third kappa shape index (κ3) is 4.02. The molecular weight excluding hydrogens is 400 g/mol. The van der Waals surface area contributed by atoms with Crippen LogP contribution >= 0.6 is 22.9 Å². The smallest absolute Gasteiger partial charge is 0.271 e. The van der Waals surface area contributed by atoms with Gasteiger partial charge in [-0.05, 0) is 35.7 Å². The SMILES string of the molecule is O=C(NCCN1Cc2cc(Cl)ccc2OCC1=O)c1cc(-c2cccs2)[nH]n1. The first kappa shape index (κ1) is 18.5. The monoisotopic (exact) mass is 416 g/mol. The number of H-pyrrole nitrogens is 1. The number of aromatic amines is 1. The van der Waals surface area contributed by atoms with Crippen molar-refractivity contribution in [1.29, 1.82) is 0 Å². The van der Waals surface area contributed by atoms with E-state index in [2.05, 4.69) is 15.5 Å². The quantitative estimate of drug-likeness (QED) is 0.669. The van der Waals surface area contributed by atoms with Crippen LogP contribution in [0.4, 0.5) is 0 Å². The van der Waals surface area contributed by atoms with Crippen molar-refractivity contribution in [1.82, 2.24) is 20.4 Å². The van der Waals surface area contributed by atoms with E-state index in [9.17, 15) is 9.59 Å². The number of rotatable bonds is 5. The minimum Gasteiger partial charge on any atom is -0.483 e.